The molecule has 0 aliphatic carbocycles. The van der Waals surface area contributed by atoms with E-state index in [0.717, 1.165) is 27.6 Å². The molecule has 0 fully saturated rings. The molecular formula is C23H24N4O3. The van der Waals surface area contributed by atoms with Crippen LogP contribution >= 0.6 is 0 Å². The Morgan fingerprint density at radius 2 is 1.97 bits per heavy atom. The topological polar surface area (TPSA) is 82.2 Å². The third-order valence-electron chi connectivity index (χ3n) is 5.18. The maximum atomic E-state index is 12.9. The van der Waals surface area contributed by atoms with Crippen LogP contribution in [0, 0.1) is 13.8 Å². The predicted octanol–water partition coefficient (Wildman–Crippen LogP) is 4.34. The molecule has 0 bridgehead atoms. The SMILES string of the molecule is COc1cc(C)cc2c(C)c(C(C)NC(=O)c3cncc(-c4cnn(C)c4)c3)oc12. The fourth-order valence-corrected chi connectivity index (χ4v) is 3.65. The second kappa shape index (κ2) is 7.67. The van der Waals surface area contributed by atoms with Gasteiger partial charge in [-0.25, -0.2) is 0 Å². The average Bonchev–Trinajstić information content (AvgIpc) is 3.31. The standard InChI is InChI=1S/C23H24N4O3/c1-13-6-19-14(2)21(30-22(19)20(7-13)29-5)15(3)26-23(28)17-8-16(9-24-10-17)18-11-25-27(4)12-18/h6-12,15H,1-5H3,(H,26,28). The number of hydrogen-bond donors (Lipinski definition) is 1. The van der Waals surface area contributed by atoms with Crippen LogP contribution < -0.4 is 10.1 Å². The first-order chi connectivity index (χ1) is 14.4. The van der Waals surface area contributed by atoms with Crippen molar-refractivity contribution in [2.75, 3.05) is 7.11 Å². The number of pyridine rings is 1. The molecule has 3 aromatic heterocycles. The number of carbonyl (C=O) groups excluding carboxylic acids is 1. The van der Waals surface area contributed by atoms with Gasteiger partial charge < -0.3 is 14.5 Å². The zero-order valence-electron chi connectivity index (χ0n) is 17.7. The molecular weight excluding hydrogens is 380 g/mol. The lowest BCUT2D eigenvalue weighted by atomic mass is 10.1. The highest BCUT2D eigenvalue weighted by Gasteiger charge is 2.21. The summed E-state index contributed by atoms with van der Waals surface area (Å²) in [4.78, 5) is 17.1. The lowest BCUT2D eigenvalue weighted by molar-refractivity contribution is 0.0935. The summed E-state index contributed by atoms with van der Waals surface area (Å²) in [5.74, 6) is 1.17. The number of furan rings is 1. The number of amides is 1. The maximum absolute atomic E-state index is 12.9. The molecule has 0 spiro atoms. The van der Waals surface area contributed by atoms with Gasteiger partial charge in [0.05, 0.1) is 24.9 Å². The Morgan fingerprint density at radius 3 is 2.67 bits per heavy atom. The minimum absolute atomic E-state index is 0.219. The molecule has 0 aliphatic rings. The summed E-state index contributed by atoms with van der Waals surface area (Å²) >= 11 is 0. The van der Waals surface area contributed by atoms with E-state index in [4.69, 9.17) is 9.15 Å². The first kappa shape index (κ1) is 19.7. The van der Waals surface area contributed by atoms with Gasteiger partial charge in [-0.05, 0) is 44.5 Å². The number of nitrogens with zero attached hydrogens (tertiary/aromatic N) is 3. The molecule has 0 radical (unpaired) electrons. The predicted molar refractivity (Wildman–Crippen MR) is 115 cm³/mol. The second-order valence-corrected chi connectivity index (χ2v) is 7.50. The summed E-state index contributed by atoms with van der Waals surface area (Å²) in [6.07, 6.45) is 6.90. The third kappa shape index (κ3) is 3.54. The normalized spacial score (nSPS) is 12.2. The number of rotatable bonds is 5. The monoisotopic (exact) mass is 404 g/mol. The molecule has 4 rings (SSSR count). The minimum atomic E-state index is -0.322. The number of hydrogen-bond acceptors (Lipinski definition) is 5. The Hall–Kier alpha value is -3.61. The largest absolute Gasteiger partial charge is 0.493 e. The van der Waals surface area contributed by atoms with Gasteiger partial charge >= 0.3 is 0 Å². The fraction of sp³-hybridized carbons (Fsp3) is 0.261. The maximum Gasteiger partial charge on any atom is 0.253 e. The Balaban J connectivity index is 1.61. The molecule has 1 unspecified atom stereocenters. The van der Waals surface area contributed by atoms with Crippen LogP contribution in [0.3, 0.4) is 0 Å². The van der Waals surface area contributed by atoms with Gasteiger partial charge in [-0.2, -0.15) is 5.10 Å². The summed E-state index contributed by atoms with van der Waals surface area (Å²) in [5, 5.41) is 8.18. The Bertz CT molecular complexity index is 1240. The van der Waals surface area contributed by atoms with E-state index in [1.807, 2.05) is 46.1 Å². The lowest BCUT2D eigenvalue weighted by Gasteiger charge is -2.13. The van der Waals surface area contributed by atoms with E-state index in [1.165, 1.54) is 0 Å². The smallest absolute Gasteiger partial charge is 0.253 e. The molecule has 0 saturated carbocycles. The molecule has 7 nitrogen and oxygen atoms in total. The van der Waals surface area contributed by atoms with Crippen LogP contribution in [0.25, 0.3) is 22.1 Å². The van der Waals surface area contributed by atoms with Gasteiger partial charge in [-0.3, -0.25) is 14.5 Å². The van der Waals surface area contributed by atoms with E-state index in [0.29, 0.717) is 22.7 Å². The molecule has 1 amide bonds. The lowest BCUT2D eigenvalue weighted by Crippen LogP contribution is -2.26. The zero-order valence-corrected chi connectivity index (χ0v) is 17.7. The number of carbonyl (C=O) groups is 1. The van der Waals surface area contributed by atoms with Crippen LogP contribution in [0.15, 0.2) is 47.4 Å². The van der Waals surface area contributed by atoms with E-state index < -0.39 is 0 Å². The van der Waals surface area contributed by atoms with Crippen molar-refractivity contribution in [1.29, 1.82) is 0 Å². The van der Waals surface area contributed by atoms with Crippen LogP contribution in [0.1, 0.15) is 40.2 Å². The number of ether oxygens (including phenoxy) is 1. The highest BCUT2D eigenvalue weighted by atomic mass is 16.5. The Labute approximate surface area is 174 Å². The quantitative estimate of drug-likeness (QED) is 0.535. The minimum Gasteiger partial charge on any atom is -0.493 e. The average molecular weight is 404 g/mol. The van der Waals surface area contributed by atoms with Gasteiger partial charge in [0.15, 0.2) is 11.3 Å². The van der Waals surface area contributed by atoms with Crippen molar-refractivity contribution in [3.63, 3.8) is 0 Å². The van der Waals surface area contributed by atoms with Crippen molar-refractivity contribution in [3.8, 4) is 16.9 Å². The van der Waals surface area contributed by atoms with E-state index in [2.05, 4.69) is 21.5 Å². The van der Waals surface area contributed by atoms with Crippen molar-refractivity contribution in [2.45, 2.75) is 26.8 Å². The summed E-state index contributed by atoms with van der Waals surface area (Å²) in [6, 6.07) is 5.49. The Kier molecular flexibility index (Phi) is 5.03. The number of nitrogens with one attached hydrogen (secondary N) is 1. The van der Waals surface area contributed by atoms with Gasteiger partial charge in [0.2, 0.25) is 0 Å². The molecule has 0 saturated heterocycles. The van der Waals surface area contributed by atoms with Crippen LogP contribution in [0.5, 0.6) is 5.75 Å². The summed E-state index contributed by atoms with van der Waals surface area (Å²) < 4.78 is 13.3. The van der Waals surface area contributed by atoms with Gasteiger partial charge in [-0.15, -0.1) is 0 Å². The van der Waals surface area contributed by atoms with Crippen molar-refractivity contribution in [1.82, 2.24) is 20.1 Å². The molecule has 7 heteroatoms. The third-order valence-corrected chi connectivity index (χ3v) is 5.18. The summed E-state index contributed by atoms with van der Waals surface area (Å²) in [7, 11) is 3.47. The molecule has 1 N–H and O–H groups in total. The number of aromatic nitrogens is 3. The fourth-order valence-electron chi connectivity index (χ4n) is 3.65. The number of aryl methyl sites for hydroxylation is 3. The first-order valence-corrected chi connectivity index (χ1v) is 9.70. The summed E-state index contributed by atoms with van der Waals surface area (Å²) in [6.45, 7) is 5.91. The van der Waals surface area contributed by atoms with Crippen LogP contribution in [-0.4, -0.2) is 27.8 Å². The van der Waals surface area contributed by atoms with E-state index >= 15 is 0 Å². The molecule has 0 aliphatic heterocycles. The number of fused-ring (bicyclic) bond motifs is 1. The molecule has 3 heterocycles. The van der Waals surface area contributed by atoms with Crippen molar-refractivity contribution < 1.29 is 13.9 Å². The first-order valence-electron chi connectivity index (χ1n) is 9.70. The van der Waals surface area contributed by atoms with Crippen LogP contribution in [-0.2, 0) is 7.05 Å². The zero-order chi connectivity index (χ0) is 21.4. The van der Waals surface area contributed by atoms with E-state index in [9.17, 15) is 4.79 Å². The van der Waals surface area contributed by atoms with E-state index in [-0.39, 0.29) is 11.9 Å². The molecule has 4 aromatic rings. The summed E-state index contributed by atoms with van der Waals surface area (Å²) in [5.41, 5.74) is 4.99. The van der Waals surface area contributed by atoms with Crippen LogP contribution in [0.4, 0.5) is 0 Å². The highest BCUT2D eigenvalue weighted by molar-refractivity contribution is 5.95. The molecule has 154 valence electrons. The van der Waals surface area contributed by atoms with Gasteiger partial charge in [0, 0.05) is 47.7 Å². The molecule has 1 aromatic carbocycles. The van der Waals surface area contributed by atoms with Crippen molar-refractivity contribution in [2.24, 2.45) is 7.05 Å². The van der Waals surface area contributed by atoms with Crippen molar-refractivity contribution >= 4 is 16.9 Å². The van der Waals surface area contributed by atoms with E-state index in [1.54, 1.807) is 30.4 Å². The molecule has 30 heavy (non-hydrogen) atoms. The van der Waals surface area contributed by atoms with Crippen LogP contribution in [0.2, 0.25) is 0 Å². The van der Waals surface area contributed by atoms with Gasteiger partial charge in [0.25, 0.3) is 5.91 Å². The van der Waals surface area contributed by atoms with Crippen molar-refractivity contribution in [3.05, 3.63) is 65.4 Å². The Morgan fingerprint density at radius 1 is 1.17 bits per heavy atom. The second-order valence-electron chi connectivity index (χ2n) is 7.50. The number of methoxy groups -OCH3 is 1. The highest BCUT2D eigenvalue weighted by Crippen LogP contribution is 2.36. The van der Waals surface area contributed by atoms with Gasteiger partial charge in [-0.1, -0.05) is 0 Å². The molecule has 1 atom stereocenters. The number of benzene rings is 1. The van der Waals surface area contributed by atoms with Gasteiger partial charge in [0.1, 0.15) is 5.76 Å².